The van der Waals surface area contributed by atoms with E-state index >= 15 is 0 Å². The van der Waals surface area contributed by atoms with Crippen molar-refractivity contribution in [1.29, 1.82) is 0 Å². The molecule has 172 valence electrons. The largest absolute Gasteiger partial charge is 0.345 e. The van der Waals surface area contributed by atoms with Gasteiger partial charge in [0.05, 0.1) is 12.7 Å². The molecule has 6 heteroatoms. The smallest absolute Gasteiger partial charge is 0.256 e. The summed E-state index contributed by atoms with van der Waals surface area (Å²) in [5.41, 5.74) is 4.74. The molecular formula is C27H32N4O2. The summed E-state index contributed by atoms with van der Waals surface area (Å²) in [7, 11) is 0. The average Bonchev–Trinajstić information content (AvgIpc) is 3.41. The lowest BCUT2D eigenvalue weighted by Gasteiger charge is -2.33. The Morgan fingerprint density at radius 1 is 1.15 bits per heavy atom. The molecule has 1 aromatic heterocycles. The monoisotopic (exact) mass is 444 g/mol. The summed E-state index contributed by atoms with van der Waals surface area (Å²) in [5.74, 6) is 0.431. The molecule has 2 aromatic carbocycles. The van der Waals surface area contributed by atoms with E-state index in [2.05, 4.69) is 42.6 Å². The fraction of sp³-hybridized carbons (Fsp3) is 0.444. The van der Waals surface area contributed by atoms with Gasteiger partial charge in [-0.3, -0.25) is 14.3 Å². The van der Waals surface area contributed by atoms with Crippen LogP contribution in [0.25, 0.3) is 10.8 Å². The lowest BCUT2D eigenvalue weighted by atomic mass is 9.72. The van der Waals surface area contributed by atoms with Crippen molar-refractivity contribution >= 4 is 28.8 Å². The van der Waals surface area contributed by atoms with Crippen molar-refractivity contribution in [2.75, 3.05) is 18.4 Å². The first kappa shape index (κ1) is 21.7. The van der Waals surface area contributed by atoms with E-state index in [1.54, 1.807) is 0 Å². The van der Waals surface area contributed by atoms with Gasteiger partial charge in [0, 0.05) is 35.9 Å². The van der Waals surface area contributed by atoms with Gasteiger partial charge in [0.25, 0.3) is 5.91 Å². The normalized spacial score (nSPS) is 19.0. The zero-order valence-electron chi connectivity index (χ0n) is 19.5. The van der Waals surface area contributed by atoms with E-state index in [1.165, 1.54) is 24.8 Å². The van der Waals surface area contributed by atoms with E-state index in [-0.39, 0.29) is 5.91 Å². The van der Waals surface area contributed by atoms with Crippen LogP contribution >= 0.6 is 0 Å². The van der Waals surface area contributed by atoms with Crippen LogP contribution in [0.15, 0.2) is 42.7 Å². The number of aromatic nitrogens is 2. The van der Waals surface area contributed by atoms with Crippen molar-refractivity contribution in [2.24, 2.45) is 5.41 Å². The zero-order valence-corrected chi connectivity index (χ0v) is 19.5. The van der Waals surface area contributed by atoms with Crippen molar-refractivity contribution in [3.63, 3.8) is 0 Å². The van der Waals surface area contributed by atoms with Crippen LogP contribution in [-0.4, -0.2) is 40.1 Å². The van der Waals surface area contributed by atoms with E-state index in [4.69, 9.17) is 0 Å². The van der Waals surface area contributed by atoms with E-state index in [1.807, 2.05) is 34.0 Å². The lowest BCUT2D eigenvalue weighted by Crippen LogP contribution is -2.31. The maximum atomic E-state index is 12.1. The number of nitrogens with zero attached hydrogens (tertiary/aromatic N) is 3. The van der Waals surface area contributed by atoms with Crippen molar-refractivity contribution < 1.29 is 9.59 Å². The number of piperidine rings is 1. The van der Waals surface area contributed by atoms with Gasteiger partial charge in [0.1, 0.15) is 0 Å². The average molecular weight is 445 g/mol. The Labute approximate surface area is 195 Å². The number of carbonyl (C=O) groups excluding carboxylic acids is 2. The molecule has 6 nitrogen and oxygen atoms in total. The SMILES string of the molecule is CC1(C)CCC1.O=CN1CCC(c2cnn(Cc3ccc4c5c(cccc35)C(=O)N4)c2)CC1. The molecule has 0 unspecified atom stereocenters. The number of carbonyl (C=O) groups is 2. The van der Waals surface area contributed by atoms with E-state index in [0.717, 1.165) is 65.3 Å². The van der Waals surface area contributed by atoms with Crippen LogP contribution < -0.4 is 5.32 Å². The molecule has 3 aliphatic rings. The summed E-state index contributed by atoms with van der Waals surface area (Å²) in [6, 6.07) is 9.92. The van der Waals surface area contributed by atoms with Crippen LogP contribution in [0.3, 0.4) is 0 Å². The number of anilines is 1. The Balaban J connectivity index is 0.000000332. The Morgan fingerprint density at radius 3 is 2.58 bits per heavy atom. The quantitative estimate of drug-likeness (QED) is 0.564. The van der Waals surface area contributed by atoms with Crippen LogP contribution in [0, 0.1) is 5.41 Å². The van der Waals surface area contributed by atoms with Gasteiger partial charge in [-0.2, -0.15) is 5.10 Å². The molecule has 6 rings (SSSR count). The second-order valence-electron chi connectivity index (χ2n) is 10.4. The Bertz CT molecular complexity index is 1180. The van der Waals surface area contributed by atoms with Gasteiger partial charge in [-0.15, -0.1) is 0 Å². The van der Waals surface area contributed by atoms with Gasteiger partial charge in [0.15, 0.2) is 0 Å². The maximum Gasteiger partial charge on any atom is 0.256 e. The third-order valence-corrected chi connectivity index (χ3v) is 7.47. The molecule has 3 heterocycles. The molecule has 33 heavy (non-hydrogen) atoms. The van der Waals surface area contributed by atoms with Crippen LogP contribution in [0.1, 0.15) is 73.4 Å². The van der Waals surface area contributed by atoms with Crippen LogP contribution in [0.5, 0.6) is 0 Å². The van der Waals surface area contributed by atoms with Gasteiger partial charge in [-0.1, -0.05) is 38.5 Å². The summed E-state index contributed by atoms with van der Waals surface area (Å²) in [6.45, 7) is 6.96. The van der Waals surface area contributed by atoms with Crippen molar-refractivity contribution in [3.8, 4) is 0 Å². The number of likely N-dealkylation sites (tertiary alicyclic amines) is 1. The molecular weight excluding hydrogens is 412 g/mol. The molecule has 3 aromatic rings. The Hall–Kier alpha value is -3.15. The second kappa shape index (κ2) is 8.65. The molecule has 0 radical (unpaired) electrons. The first-order chi connectivity index (χ1) is 15.9. The maximum absolute atomic E-state index is 12.1. The fourth-order valence-corrected chi connectivity index (χ4v) is 5.16. The van der Waals surface area contributed by atoms with E-state index in [9.17, 15) is 9.59 Å². The Kier molecular flexibility index (Phi) is 5.69. The minimum absolute atomic E-state index is 0.0317. The van der Waals surface area contributed by atoms with Gasteiger partial charge >= 0.3 is 0 Å². The van der Waals surface area contributed by atoms with Crippen LogP contribution in [-0.2, 0) is 11.3 Å². The molecule has 0 spiro atoms. The van der Waals surface area contributed by atoms with Gasteiger partial charge in [-0.05, 0) is 65.7 Å². The molecule has 0 bridgehead atoms. The third kappa shape index (κ3) is 4.39. The molecule has 1 saturated carbocycles. The zero-order chi connectivity index (χ0) is 23.0. The van der Waals surface area contributed by atoms with E-state index < -0.39 is 0 Å². The van der Waals surface area contributed by atoms with Gasteiger partial charge in [0.2, 0.25) is 6.41 Å². The van der Waals surface area contributed by atoms with Gasteiger partial charge < -0.3 is 10.2 Å². The first-order valence-electron chi connectivity index (χ1n) is 12.0. The molecule has 1 aliphatic carbocycles. The summed E-state index contributed by atoms with van der Waals surface area (Å²) in [6.07, 6.45) is 11.3. The number of hydrogen-bond donors (Lipinski definition) is 1. The van der Waals surface area contributed by atoms with Gasteiger partial charge in [-0.25, -0.2) is 0 Å². The fourth-order valence-electron chi connectivity index (χ4n) is 5.16. The van der Waals surface area contributed by atoms with Crippen molar-refractivity contribution in [1.82, 2.24) is 14.7 Å². The second-order valence-corrected chi connectivity index (χ2v) is 10.4. The molecule has 1 saturated heterocycles. The first-order valence-corrected chi connectivity index (χ1v) is 12.0. The highest BCUT2D eigenvalue weighted by Gasteiger charge is 2.25. The van der Waals surface area contributed by atoms with Crippen LogP contribution in [0.4, 0.5) is 5.69 Å². The highest BCUT2D eigenvalue weighted by Crippen LogP contribution is 2.39. The molecule has 2 amide bonds. The topological polar surface area (TPSA) is 67.2 Å². The number of hydrogen-bond acceptors (Lipinski definition) is 3. The van der Waals surface area contributed by atoms with Crippen molar-refractivity contribution in [2.45, 2.75) is 58.4 Å². The highest BCUT2D eigenvalue weighted by atomic mass is 16.2. The predicted molar refractivity (Wildman–Crippen MR) is 130 cm³/mol. The lowest BCUT2D eigenvalue weighted by molar-refractivity contribution is -0.119. The third-order valence-electron chi connectivity index (χ3n) is 7.47. The summed E-state index contributed by atoms with van der Waals surface area (Å²) >= 11 is 0. The number of benzene rings is 2. The molecule has 1 N–H and O–H groups in total. The summed E-state index contributed by atoms with van der Waals surface area (Å²) < 4.78 is 1.97. The summed E-state index contributed by atoms with van der Waals surface area (Å²) in [5, 5.41) is 9.59. The Morgan fingerprint density at radius 2 is 1.91 bits per heavy atom. The minimum atomic E-state index is -0.0317. The standard InChI is InChI=1S/C21H20N4O2.C6H12/c26-13-24-8-6-14(7-9-24)16-10-22-25(12-16)11-15-4-5-19-20-17(15)2-1-3-18(20)21(27)23-19;1-6(2)4-3-5-6/h1-5,10,12-14H,6-9,11H2,(H,23,27);3-5H2,1-2H3. The number of nitrogens with one attached hydrogen (secondary N) is 1. The summed E-state index contributed by atoms with van der Waals surface area (Å²) in [4.78, 5) is 24.8. The predicted octanol–water partition coefficient (Wildman–Crippen LogP) is 5.18. The molecule has 0 atom stereocenters. The van der Waals surface area contributed by atoms with Crippen LogP contribution in [0.2, 0.25) is 0 Å². The number of rotatable bonds is 4. The highest BCUT2D eigenvalue weighted by molar-refractivity contribution is 6.24. The van der Waals surface area contributed by atoms with E-state index in [0.29, 0.717) is 12.5 Å². The van der Waals surface area contributed by atoms with Crippen molar-refractivity contribution in [3.05, 3.63) is 59.4 Å². The number of amides is 2. The molecule has 2 fully saturated rings. The minimum Gasteiger partial charge on any atom is -0.345 e. The molecule has 2 aliphatic heterocycles.